The Morgan fingerprint density at radius 3 is 3.12 bits per heavy atom. The van der Waals surface area contributed by atoms with Gasteiger partial charge in [-0.25, -0.2) is 0 Å². The molecule has 0 aliphatic carbocycles. The van der Waals surface area contributed by atoms with Crippen LogP contribution < -0.4 is 10.6 Å². The summed E-state index contributed by atoms with van der Waals surface area (Å²) >= 11 is 0. The molecule has 0 aromatic carbocycles. The van der Waals surface area contributed by atoms with Gasteiger partial charge in [0.2, 0.25) is 11.8 Å². The first-order chi connectivity index (χ1) is 8.24. The van der Waals surface area contributed by atoms with Crippen molar-refractivity contribution in [1.82, 2.24) is 15.6 Å². The standard InChI is InChI=1S/C12H15N3O2/c16-11-8-10(4-6-14-11)15-12(17)7-9-3-1-2-5-13-9/h1-3,5,10H,4,6-8H2,(H,14,16)(H,15,17). The van der Waals surface area contributed by atoms with Gasteiger partial charge in [-0.1, -0.05) is 6.07 Å². The fourth-order valence-corrected chi connectivity index (χ4v) is 1.85. The first kappa shape index (κ1) is 11.6. The highest BCUT2D eigenvalue weighted by molar-refractivity contribution is 5.81. The van der Waals surface area contributed by atoms with Crippen LogP contribution >= 0.6 is 0 Å². The molecule has 0 radical (unpaired) electrons. The van der Waals surface area contributed by atoms with Crippen LogP contribution in [0.1, 0.15) is 18.5 Å². The van der Waals surface area contributed by atoms with Crippen LogP contribution in [0.2, 0.25) is 0 Å². The number of nitrogens with zero attached hydrogens (tertiary/aromatic N) is 1. The summed E-state index contributed by atoms with van der Waals surface area (Å²) in [5.74, 6) is -0.0808. The van der Waals surface area contributed by atoms with Gasteiger partial charge in [-0.2, -0.15) is 0 Å². The highest BCUT2D eigenvalue weighted by Gasteiger charge is 2.20. The Hall–Kier alpha value is -1.91. The predicted molar refractivity (Wildman–Crippen MR) is 62.1 cm³/mol. The average Bonchev–Trinajstić information content (AvgIpc) is 2.30. The second-order valence-electron chi connectivity index (χ2n) is 4.11. The summed E-state index contributed by atoms with van der Waals surface area (Å²) < 4.78 is 0. The summed E-state index contributed by atoms with van der Waals surface area (Å²) in [7, 11) is 0. The molecule has 1 unspecified atom stereocenters. The lowest BCUT2D eigenvalue weighted by atomic mass is 10.1. The van der Waals surface area contributed by atoms with Gasteiger partial charge in [-0.3, -0.25) is 14.6 Å². The number of pyridine rings is 1. The summed E-state index contributed by atoms with van der Waals surface area (Å²) in [4.78, 5) is 26.9. The van der Waals surface area contributed by atoms with Gasteiger partial charge >= 0.3 is 0 Å². The van der Waals surface area contributed by atoms with Gasteiger partial charge < -0.3 is 10.6 Å². The third-order valence-electron chi connectivity index (χ3n) is 2.68. The average molecular weight is 233 g/mol. The fraction of sp³-hybridized carbons (Fsp3) is 0.417. The van der Waals surface area contributed by atoms with Crippen LogP contribution in [-0.4, -0.2) is 29.4 Å². The van der Waals surface area contributed by atoms with Gasteiger partial charge in [0.1, 0.15) is 0 Å². The van der Waals surface area contributed by atoms with Crippen molar-refractivity contribution < 1.29 is 9.59 Å². The summed E-state index contributed by atoms with van der Waals surface area (Å²) in [5, 5.41) is 5.59. The number of aromatic nitrogens is 1. The minimum atomic E-state index is -0.0802. The summed E-state index contributed by atoms with van der Waals surface area (Å²) in [6.07, 6.45) is 3.09. The van der Waals surface area contributed by atoms with Crippen LogP contribution in [-0.2, 0) is 16.0 Å². The number of amides is 2. The van der Waals surface area contributed by atoms with Crippen molar-refractivity contribution in [1.29, 1.82) is 0 Å². The van der Waals surface area contributed by atoms with E-state index in [9.17, 15) is 9.59 Å². The van der Waals surface area contributed by atoms with E-state index >= 15 is 0 Å². The minimum absolute atomic E-state index is 0.000568. The van der Waals surface area contributed by atoms with Crippen LogP contribution in [0, 0.1) is 0 Å². The number of nitrogens with one attached hydrogen (secondary N) is 2. The van der Waals surface area contributed by atoms with Crippen molar-refractivity contribution in [2.45, 2.75) is 25.3 Å². The molecule has 5 nitrogen and oxygen atoms in total. The van der Waals surface area contributed by atoms with E-state index in [-0.39, 0.29) is 24.3 Å². The lowest BCUT2D eigenvalue weighted by Gasteiger charge is -2.22. The second-order valence-corrected chi connectivity index (χ2v) is 4.11. The highest BCUT2D eigenvalue weighted by atomic mass is 16.2. The van der Waals surface area contributed by atoms with E-state index in [1.54, 1.807) is 6.20 Å². The molecule has 1 aliphatic heterocycles. The second kappa shape index (κ2) is 5.43. The topological polar surface area (TPSA) is 71.1 Å². The van der Waals surface area contributed by atoms with Gasteiger partial charge in [-0.05, 0) is 18.6 Å². The van der Waals surface area contributed by atoms with Crippen LogP contribution in [0.3, 0.4) is 0 Å². The molecule has 0 spiro atoms. The molecule has 1 fully saturated rings. The van der Waals surface area contributed by atoms with E-state index in [1.807, 2.05) is 18.2 Å². The maximum atomic E-state index is 11.7. The molecule has 1 atom stereocenters. The normalized spacial score (nSPS) is 19.5. The van der Waals surface area contributed by atoms with Crippen molar-refractivity contribution in [3.8, 4) is 0 Å². The Morgan fingerprint density at radius 1 is 1.53 bits per heavy atom. The Kier molecular flexibility index (Phi) is 3.69. The Morgan fingerprint density at radius 2 is 2.41 bits per heavy atom. The summed E-state index contributed by atoms with van der Waals surface area (Å²) in [6.45, 7) is 0.632. The van der Waals surface area contributed by atoms with E-state index in [0.717, 1.165) is 12.1 Å². The van der Waals surface area contributed by atoms with Crippen molar-refractivity contribution in [3.05, 3.63) is 30.1 Å². The predicted octanol–water partition coefficient (Wildman–Crippen LogP) is 0.0189. The number of hydrogen-bond acceptors (Lipinski definition) is 3. The minimum Gasteiger partial charge on any atom is -0.356 e. The number of rotatable bonds is 3. The molecule has 17 heavy (non-hydrogen) atoms. The lowest BCUT2D eigenvalue weighted by molar-refractivity contribution is -0.124. The maximum Gasteiger partial charge on any atom is 0.226 e. The SMILES string of the molecule is O=C1CC(NC(=O)Cc2ccccn2)CCN1. The Balaban J connectivity index is 1.83. The van der Waals surface area contributed by atoms with Crippen LogP contribution in [0.25, 0.3) is 0 Å². The van der Waals surface area contributed by atoms with E-state index < -0.39 is 0 Å². The monoisotopic (exact) mass is 233 g/mol. The van der Waals surface area contributed by atoms with Gasteiger partial charge in [0.05, 0.1) is 6.42 Å². The first-order valence-corrected chi connectivity index (χ1v) is 5.70. The zero-order chi connectivity index (χ0) is 12.1. The van der Waals surface area contributed by atoms with Crippen molar-refractivity contribution in [3.63, 3.8) is 0 Å². The molecule has 5 heteroatoms. The fourth-order valence-electron chi connectivity index (χ4n) is 1.85. The zero-order valence-corrected chi connectivity index (χ0v) is 9.48. The zero-order valence-electron chi connectivity index (χ0n) is 9.48. The number of carbonyl (C=O) groups excluding carboxylic acids is 2. The molecule has 1 aromatic rings. The molecular weight excluding hydrogens is 218 g/mol. The molecule has 1 aromatic heterocycles. The highest BCUT2D eigenvalue weighted by Crippen LogP contribution is 2.04. The van der Waals surface area contributed by atoms with E-state index in [0.29, 0.717) is 13.0 Å². The molecular formula is C12H15N3O2. The third kappa shape index (κ3) is 3.55. The summed E-state index contributed by atoms with van der Waals surface area (Å²) in [6, 6.07) is 5.43. The van der Waals surface area contributed by atoms with E-state index in [1.165, 1.54) is 0 Å². The van der Waals surface area contributed by atoms with Crippen molar-refractivity contribution in [2.24, 2.45) is 0 Å². The van der Waals surface area contributed by atoms with Gasteiger partial charge in [0.25, 0.3) is 0 Å². The molecule has 0 bridgehead atoms. The quantitative estimate of drug-likeness (QED) is 0.773. The van der Waals surface area contributed by atoms with E-state index in [2.05, 4.69) is 15.6 Å². The van der Waals surface area contributed by atoms with Gasteiger partial charge in [0.15, 0.2) is 0 Å². The lowest BCUT2D eigenvalue weighted by Crippen LogP contribution is -2.45. The van der Waals surface area contributed by atoms with Crippen molar-refractivity contribution >= 4 is 11.8 Å². The van der Waals surface area contributed by atoms with Crippen molar-refractivity contribution in [2.75, 3.05) is 6.54 Å². The van der Waals surface area contributed by atoms with Gasteiger partial charge in [-0.15, -0.1) is 0 Å². The molecule has 2 amide bonds. The smallest absolute Gasteiger partial charge is 0.226 e. The largest absolute Gasteiger partial charge is 0.356 e. The molecule has 1 aliphatic rings. The molecule has 1 saturated heterocycles. The summed E-state index contributed by atoms with van der Waals surface area (Å²) in [5.41, 5.74) is 0.741. The maximum absolute atomic E-state index is 11.7. The van der Waals surface area contributed by atoms with E-state index in [4.69, 9.17) is 0 Å². The van der Waals surface area contributed by atoms with Crippen LogP contribution in [0.15, 0.2) is 24.4 Å². The molecule has 2 heterocycles. The Labute approximate surface area is 99.6 Å². The van der Waals surface area contributed by atoms with Crippen LogP contribution in [0.5, 0.6) is 0 Å². The Bertz CT molecular complexity index is 405. The van der Waals surface area contributed by atoms with Crippen LogP contribution in [0.4, 0.5) is 0 Å². The number of carbonyl (C=O) groups is 2. The number of piperidine rings is 1. The number of hydrogen-bond donors (Lipinski definition) is 2. The first-order valence-electron chi connectivity index (χ1n) is 5.70. The molecule has 2 rings (SSSR count). The van der Waals surface area contributed by atoms with Gasteiger partial charge in [0, 0.05) is 30.9 Å². The molecule has 0 saturated carbocycles. The molecule has 2 N–H and O–H groups in total. The molecule has 90 valence electrons. The third-order valence-corrected chi connectivity index (χ3v) is 2.68.